The molecule has 0 saturated heterocycles. The van der Waals surface area contributed by atoms with Crippen molar-refractivity contribution in [2.45, 2.75) is 39.4 Å². The third kappa shape index (κ3) is 4.07. The minimum absolute atomic E-state index is 0.321. The number of hydrogen-bond acceptors (Lipinski definition) is 2. The molecule has 0 fully saturated rings. The van der Waals surface area contributed by atoms with Gasteiger partial charge in [0.15, 0.2) is 0 Å². The molecular weight excluding hydrogens is 176 g/mol. The molecule has 0 heterocycles. The maximum Gasteiger partial charge on any atom is 0.267 e. The zero-order valence-electron chi connectivity index (χ0n) is 8.11. The van der Waals surface area contributed by atoms with E-state index in [1.54, 1.807) is 0 Å². The van der Waals surface area contributed by atoms with Crippen LogP contribution in [-0.2, 0) is 10.1 Å². The second-order valence-electron chi connectivity index (χ2n) is 3.78. The van der Waals surface area contributed by atoms with Gasteiger partial charge in [-0.1, -0.05) is 20.8 Å². The molecule has 0 spiro atoms. The van der Waals surface area contributed by atoms with Gasteiger partial charge in [-0.15, -0.1) is 0 Å². The summed E-state index contributed by atoms with van der Waals surface area (Å²) in [7, 11) is -3.83. The fourth-order valence-corrected chi connectivity index (χ4v) is 1.46. The van der Waals surface area contributed by atoms with Crippen LogP contribution in [0, 0.1) is 11.8 Å². The van der Waals surface area contributed by atoms with E-state index < -0.39 is 15.4 Å². The standard InChI is InChI=1S/C8H18O3S/c1-6(2)7(3)5-8(4)12(9,10)11/h6-8H,5H2,1-4H3,(H,9,10,11). The van der Waals surface area contributed by atoms with Crippen LogP contribution in [0.5, 0.6) is 0 Å². The Kier molecular flexibility index (Phi) is 4.20. The molecule has 74 valence electrons. The smallest absolute Gasteiger partial charge is 0.267 e. The molecule has 0 aromatic rings. The van der Waals surface area contributed by atoms with Gasteiger partial charge >= 0.3 is 0 Å². The highest BCUT2D eigenvalue weighted by atomic mass is 32.2. The summed E-state index contributed by atoms with van der Waals surface area (Å²) in [6.07, 6.45) is 0.524. The van der Waals surface area contributed by atoms with Crippen LogP contribution in [0.25, 0.3) is 0 Å². The molecule has 3 nitrogen and oxygen atoms in total. The summed E-state index contributed by atoms with van der Waals surface area (Å²) in [5.74, 6) is 0.774. The lowest BCUT2D eigenvalue weighted by molar-refractivity contribution is 0.376. The minimum atomic E-state index is -3.83. The molecule has 0 aromatic carbocycles. The largest absolute Gasteiger partial charge is 0.285 e. The van der Waals surface area contributed by atoms with Gasteiger partial charge in [0, 0.05) is 0 Å². The van der Waals surface area contributed by atoms with Gasteiger partial charge in [0.05, 0.1) is 5.25 Å². The van der Waals surface area contributed by atoms with Crippen molar-refractivity contribution in [3.05, 3.63) is 0 Å². The Bertz CT molecular complexity index is 218. The Morgan fingerprint density at radius 2 is 1.58 bits per heavy atom. The normalized spacial score (nSPS) is 17.8. The van der Waals surface area contributed by atoms with Gasteiger partial charge < -0.3 is 0 Å². The monoisotopic (exact) mass is 194 g/mol. The summed E-state index contributed by atoms with van der Waals surface area (Å²) >= 11 is 0. The molecule has 2 unspecified atom stereocenters. The fraction of sp³-hybridized carbons (Fsp3) is 1.00. The Labute approximate surface area is 74.9 Å². The van der Waals surface area contributed by atoms with Gasteiger partial charge in [0.2, 0.25) is 0 Å². The van der Waals surface area contributed by atoms with Gasteiger partial charge in [-0.2, -0.15) is 8.42 Å². The third-order valence-corrected chi connectivity index (χ3v) is 3.56. The Balaban J connectivity index is 4.11. The molecule has 0 aliphatic carbocycles. The minimum Gasteiger partial charge on any atom is -0.285 e. The van der Waals surface area contributed by atoms with Crippen LogP contribution in [0.3, 0.4) is 0 Å². The second-order valence-corrected chi connectivity index (χ2v) is 5.62. The fourth-order valence-electron chi connectivity index (χ4n) is 0.917. The van der Waals surface area contributed by atoms with E-state index in [9.17, 15) is 8.42 Å². The van der Waals surface area contributed by atoms with Crippen LogP contribution in [0.15, 0.2) is 0 Å². The summed E-state index contributed by atoms with van der Waals surface area (Å²) in [4.78, 5) is 0. The Hall–Kier alpha value is -0.0900. The van der Waals surface area contributed by atoms with E-state index in [4.69, 9.17) is 4.55 Å². The molecule has 0 amide bonds. The van der Waals surface area contributed by atoms with Gasteiger partial charge in [0.1, 0.15) is 0 Å². The first kappa shape index (κ1) is 11.9. The van der Waals surface area contributed by atoms with Crippen molar-refractivity contribution < 1.29 is 13.0 Å². The van der Waals surface area contributed by atoms with Gasteiger partial charge in [-0.05, 0) is 25.2 Å². The van der Waals surface area contributed by atoms with Gasteiger partial charge in [0.25, 0.3) is 10.1 Å². The van der Waals surface area contributed by atoms with Crippen LogP contribution >= 0.6 is 0 Å². The molecule has 2 atom stereocenters. The maximum absolute atomic E-state index is 10.6. The van der Waals surface area contributed by atoms with Gasteiger partial charge in [-0.25, -0.2) is 0 Å². The Morgan fingerprint density at radius 3 is 1.83 bits per heavy atom. The molecule has 1 N–H and O–H groups in total. The van der Waals surface area contributed by atoms with E-state index in [1.807, 2.05) is 20.8 Å². The van der Waals surface area contributed by atoms with E-state index in [-0.39, 0.29) is 0 Å². The van der Waals surface area contributed by atoms with Crippen molar-refractivity contribution in [1.29, 1.82) is 0 Å². The van der Waals surface area contributed by atoms with E-state index in [1.165, 1.54) is 6.92 Å². The molecular formula is C8H18O3S. The molecule has 0 saturated carbocycles. The van der Waals surface area contributed by atoms with Crippen molar-refractivity contribution in [2.24, 2.45) is 11.8 Å². The van der Waals surface area contributed by atoms with Crippen LogP contribution in [0.4, 0.5) is 0 Å². The topological polar surface area (TPSA) is 54.4 Å². The van der Waals surface area contributed by atoms with Gasteiger partial charge in [-0.3, -0.25) is 4.55 Å². The lowest BCUT2D eigenvalue weighted by Crippen LogP contribution is -2.21. The summed E-state index contributed by atoms with van der Waals surface area (Å²) in [5.41, 5.74) is 0. The van der Waals surface area contributed by atoms with E-state index >= 15 is 0 Å². The molecule has 12 heavy (non-hydrogen) atoms. The lowest BCUT2D eigenvalue weighted by atomic mass is 9.93. The van der Waals surface area contributed by atoms with Crippen LogP contribution in [0.2, 0.25) is 0 Å². The quantitative estimate of drug-likeness (QED) is 0.696. The van der Waals surface area contributed by atoms with E-state index in [0.717, 1.165) is 0 Å². The molecule has 4 heteroatoms. The number of hydrogen-bond donors (Lipinski definition) is 1. The van der Waals surface area contributed by atoms with E-state index in [2.05, 4.69) is 0 Å². The maximum atomic E-state index is 10.6. The van der Waals surface area contributed by atoms with Crippen molar-refractivity contribution in [3.8, 4) is 0 Å². The highest BCUT2D eigenvalue weighted by Gasteiger charge is 2.21. The highest BCUT2D eigenvalue weighted by molar-refractivity contribution is 7.86. The first-order valence-electron chi connectivity index (χ1n) is 4.21. The zero-order valence-corrected chi connectivity index (χ0v) is 8.93. The summed E-state index contributed by atoms with van der Waals surface area (Å²) in [5, 5.41) is -0.644. The lowest BCUT2D eigenvalue weighted by Gasteiger charge is -2.18. The first-order chi connectivity index (χ1) is 5.25. The molecule has 0 rings (SSSR count). The predicted molar refractivity (Wildman–Crippen MR) is 49.6 cm³/mol. The first-order valence-corrected chi connectivity index (χ1v) is 5.71. The molecule has 0 aliphatic rings. The van der Waals surface area contributed by atoms with Crippen LogP contribution in [0.1, 0.15) is 34.1 Å². The van der Waals surface area contributed by atoms with Crippen LogP contribution < -0.4 is 0 Å². The van der Waals surface area contributed by atoms with Crippen molar-refractivity contribution in [3.63, 3.8) is 0 Å². The molecule has 0 bridgehead atoms. The van der Waals surface area contributed by atoms with Crippen molar-refractivity contribution in [2.75, 3.05) is 0 Å². The summed E-state index contributed by atoms with van der Waals surface area (Å²) < 4.78 is 30.0. The SMILES string of the molecule is CC(C)C(C)CC(C)S(=O)(=O)O. The highest BCUT2D eigenvalue weighted by Crippen LogP contribution is 2.18. The average Bonchev–Trinajstić information content (AvgIpc) is 1.85. The number of rotatable bonds is 4. The molecule has 0 aliphatic heterocycles. The van der Waals surface area contributed by atoms with Crippen molar-refractivity contribution >= 4 is 10.1 Å². The Morgan fingerprint density at radius 1 is 1.17 bits per heavy atom. The van der Waals surface area contributed by atoms with Crippen molar-refractivity contribution in [1.82, 2.24) is 0 Å². The molecule has 0 radical (unpaired) electrons. The average molecular weight is 194 g/mol. The zero-order chi connectivity index (χ0) is 9.94. The molecule has 0 aromatic heterocycles. The predicted octanol–water partition coefficient (Wildman–Crippen LogP) is 1.94. The second kappa shape index (κ2) is 4.23. The third-order valence-electron chi connectivity index (χ3n) is 2.35. The summed E-state index contributed by atoms with van der Waals surface area (Å²) in [6.45, 7) is 7.61. The van der Waals surface area contributed by atoms with E-state index in [0.29, 0.717) is 18.3 Å². The van der Waals surface area contributed by atoms with Crippen LogP contribution in [-0.4, -0.2) is 18.2 Å². The summed E-state index contributed by atoms with van der Waals surface area (Å²) in [6, 6.07) is 0.